The van der Waals surface area contributed by atoms with Gasteiger partial charge in [-0.3, -0.25) is 4.79 Å². The van der Waals surface area contributed by atoms with Crippen molar-refractivity contribution in [2.24, 2.45) is 0 Å². The van der Waals surface area contributed by atoms with Crippen LogP contribution in [0.25, 0.3) is 0 Å². The first-order valence-electron chi connectivity index (χ1n) is 4.17. The Hall–Kier alpha value is -0.570. The molecule has 1 amide bonds. The molecule has 11 heavy (non-hydrogen) atoms. The molecule has 1 aliphatic rings. The number of hydrogen-bond donors (Lipinski definition) is 0. The zero-order chi connectivity index (χ0) is 8.10. The van der Waals surface area contributed by atoms with Gasteiger partial charge in [0.1, 0.15) is 0 Å². The van der Waals surface area contributed by atoms with Crippen LogP contribution < -0.4 is 0 Å². The lowest BCUT2D eigenvalue weighted by molar-refractivity contribution is -0.121. The van der Waals surface area contributed by atoms with Crippen molar-refractivity contribution in [2.75, 3.05) is 19.8 Å². The lowest BCUT2D eigenvalue weighted by Crippen LogP contribution is -2.38. The van der Waals surface area contributed by atoms with Crippen molar-refractivity contribution in [1.29, 1.82) is 0 Å². The topological polar surface area (TPSA) is 29.5 Å². The number of carbonyl (C=O) groups is 1. The second-order valence-corrected chi connectivity index (χ2v) is 2.78. The van der Waals surface area contributed by atoms with E-state index in [0.717, 1.165) is 39.0 Å². The van der Waals surface area contributed by atoms with E-state index in [9.17, 15) is 4.79 Å². The molecule has 0 unspecified atom stereocenters. The Labute approximate surface area is 67.3 Å². The molecule has 1 saturated heterocycles. The van der Waals surface area contributed by atoms with Gasteiger partial charge in [-0.2, -0.15) is 0 Å². The summed E-state index contributed by atoms with van der Waals surface area (Å²) in [6.45, 7) is 4.42. The molecule has 3 heteroatoms. The molecule has 0 saturated carbocycles. The van der Waals surface area contributed by atoms with Crippen LogP contribution >= 0.6 is 0 Å². The minimum Gasteiger partial charge on any atom is -0.381 e. The van der Waals surface area contributed by atoms with E-state index in [-0.39, 0.29) is 0 Å². The summed E-state index contributed by atoms with van der Waals surface area (Å²) in [4.78, 5) is 12.4. The zero-order valence-corrected chi connectivity index (χ0v) is 6.95. The van der Waals surface area contributed by atoms with Gasteiger partial charge >= 0.3 is 0 Å². The first-order valence-corrected chi connectivity index (χ1v) is 4.17. The van der Waals surface area contributed by atoms with Crippen molar-refractivity contribution in [3.63, 3.8) is 0 Å². The Kier molecular flexibility index (Phi) is 3.36. The van der Waals surface area contributed by atoms with Crippen LogP contribution in [0.5, 0.6) is 0 Å². The largest absolute Gasteiger partial charge is 0.381 e. The monoisotopic (exact) mass is 157 g/mol. The van der Waals surface area contributed by atoms with E-state index in [4.69, 9.17) is 4.74 Å². The maximum Gasteiger partial charge on any atom is 0.209 e. The van der Waals surface area contributed by atoms with E-state index in [1.807, 2.05) is 11.8 Å². The van der Waals surface area contributed by atoms with Crippen LogP contribution in [0.4, 0.5) is 0 Å². The predicted octanol–water partition coefficient (Wildman–Crippen LogP) is 0.644. The van der Waals surface area contributed by atoms with E-state index in [1.54, 1.807) is 0 Å². The number of hydrogen-bond acceptors (Lipinski definition) is 2. The van der Waals surface area contributed by atoms with Crippen LogP contribution in [-0.2, 0) is 9.53 Å². The number of nitrogens with zero attached hydrogens (tertiary/aromatic N) is 1. The molecule has 0 radical (unpaired) electrons. The lowest BCUT2D eigenvalue weighted by atomic mass is 10.1. The summed E-state index contributed by atoms with van der Waals surface area (Å²) < 4.78 is 5.20. The highest BCUT2D eigenvalue weighted by atomic mass is 16.5. The highest BCUT2D eigenvalue weighted by molar-refractivity contribution is 5.47. The second kappa shape index (κ2) is 4.34. The van der Waals surface area contributed by atoms with Crippen molar-refractivity contribution in [3.8, 4) is 0 Å². The van der Waals surface area contributed by atoms with Crippen LogP contribution in [0.3, 0.4) is 0 Å². The number of ether oxygens (including phenoxy) is 1. The van der Waals surface area contributed by atoms with E-state index >= 15 is 0 Å². The van der Waals surface area contributed by atoms with Crippen LogP contribution in [0.2, 0.25) is 0 Å². The van der Waals surface area contributed by atoms with Crippen LogP contribution in [0.1, 0.15) is 19.8 Å². The molecule has 0 atom stereocenters. The molecule has 1 fully saturated rings. The third-order valence-corrected chi connectivity index (χ3v) is 2.16. The third kappa shape index (κ3) is 2.19. The number of rotatable bonds is 3. The Bertz CT molecular complexity index is 121. The molecule has 1 aliphatic heterocycles. The highest BCUT2D eigenvalue weighted by Gasteiger charge is 2.18. The second-order valence-electron chi connectivity index (χ2n) is 2.78. The fraction of sp³-hybridized carbons (Fsp3) is 0.875. The van der Waals surface area contributed by atoms with Gasteiger partial charge in [0.05, 0.1) is 0 Å². The molecule has 0 aromatic heterocycles. The summed E-state index contributed by atoms with van der Waals surface area (Å²) in [7, 11) is 0. The zero-order valence-electron chi connectivity index (χ0n) is 6.95. The van der Waals surface area contributed by atoms with Gasteiger partial charge in [0.2, 0.25) is 6.41 Å². The summed E-state index contributed by atoms with van der Waals surface area (Å²) >= 11 is 0. The molecule has 64 valence electrons. The third-order valence-electron chi connectivity index (χ3n) is 2.16. The minimum absolute atomic E-state index is 0.422. The van der Waals surface area contributed by atoms with Gasteiger partial charge in [0.15, 0.2) is 0 Å². The van der Waals surface area contributed by atoms with Crippen LogP contribution in [0.15, 0.2) is 0 Å². The Balaban J connectivity index is 2.35. The molecular weight excluding hydrogens is 142 g/mol. The first-order chi connectivity index (χ1) is 5.38. The van der Waals surface area contributed by atoms with Gasteiger partial charge in [-0.25, -0.2) is 0 Å². The Morgan fingerprint density at radius 3 is 2.64 bits per heavy atom. The van der Waals surface area contributed by atoms with Crippen molar-refractivity contribution in [1.82, 2.24) is 4.90 Å². The van der Waals surface area contributed by atoms with Gasteiger partial charge in [0.25, 0.3) is 0 Å². The smallest absolute Gasteiger partial charge is 0.209 e. The normalized spacial score (nSPS) is 19.7. The van der Waals surface area contributed by atoms with E-state index in [1.165, 1.54) is 0 Å². The summed E-state index contributed by atoms with van der Waals surface area (Å²) in [5.74, 6) is 0. The van der Waals surface area contributed by atoms with Crippen LogP contribution in [0, 0.1) is 0 Å². The van der Waals surface area contributed by atoms with Gasteiger partial charge in [-0.05, 0) is 19.8 Å². The fourth-order valence-corrected chi connectivity index (χ4v) is 1.44. The van der Waals surface area contributed by atoms with Gasteiger partial charge in [-0.15, -0.1) is 0 Å². The van der Waals surface area contributed by atoms with Crippen molar-refractivity contribution >= 4 is 6.41 Å². The molecule has 0 N–H and O–H groups in total. The van der Waals surface area contributed by atoms with E-state index in [2.05, 4.69) is 0 Å². The average molecular weight is 157 g/mol. The SMILES string of the molecule is CCN(C=O)C1CCOCC1. The van der Waals surface area contributed by atoms with Gasteiger partial charge in [-0.1, -0.05) is 0 Å². The molecule has 0 aromatic carbocycles. The molecular formula is C8H15NO2. The average Bonchev–Trinajstić information content (AvgIpc) is 2.09. The standard InChI is InChI=1S/C8H15NO2/c1-2-9(7-10)8-3-5-11-6-4-8/h7-8H,2-6H2,1H3. The molecule has 1 rings (SSSR count). The summed E-state index contributed by atoms with van der Waals surface area (Å²) in [5, 5.41) is 0. The number of amides is 1. The van der Waals surface area contributed by atoms with E-state index in [0.29, 0.717) is 6.04 Å². The minimum atomic E-state index is 0.422. The molecule has 0 aromatic rings. The van der Waals surface area contributed by atoms with Crippen molar-refractivity contribution < 1.29 is 9.53 Å². The summed E-state index contributed by atoms with van der Waals surface area (Å²) in [6, 6.07) is 0.422. The maximum atomic E-state index is 10.5. The Morgan fingerprint density at radius 1 is 1.55 bits per heavy atom. The number of carbonyl (C=O) groups excluding carboxylic acids is 1. The van der Waals surface area contributed by atoms with Gasteiger partial charge < -0.3 is 9.64 Å². The van der Waals surface area contributed by atoms with Crippen molar-refractivity contribution in [3.05, 3.63) is 0 Å². The highest BCUT2D eigenvalue weighted by Crippen LogP contribution is 2.11. The maximum absolute atomic E-state index is 10.5. The first kappa shape index (κ1) is 8.53. The molecule has 0 bridgehead atoms. The molecule has 0 aliphatic carbocycles. The quantitative estimate of drug-likeness (QED) is 0.563. The van der Waals surface area contributed by atoms with Crippen molar-refractivity contribution in [2.45, 2.75) is 25.8 Å². The summed E-state index contributed by atoms with van der Waals surface area (Å²) in [5.41, 5.74) is 0. The molecule has 1 heterocycles. The van der Waals surface area contributed by atoms with Crippen LogP contribution in [-0.4, -0.2) is 37.1 Å². The summed E-state index contributed by atoms with van der Waals surface area (Å²) in [6.07, 6.45) is 2.93. The van der Waals surface area contributed by atoms with Gasteiger partial charge in [0, 0.05) is 25.8 Å². The fourth-order valence-electron chi connectivity index (χ4n) is 1.44. The predicted molar refractivity (Wildman–Crippen MR) is 42.3 cm³/mol. The molecule has 0 spiro atoms. The lowest BCUT2D eigenvalue weighted by Gasteiger charge is -2.30. The Morgan fingerprint density at radius 2 is 2.18 bits per heavy atom. The van der Waals surface area contributed by atoms with E-state index < -0.39 is 0 Å². The molecule has 3 nitrogen and oxygen atoms in total.